The summed E-state index contributed by atoms with van der Waals surface area (Å²) in [4.78, 5) is 0. The van der Waals surface area contributed by atoms with Gasteiger partial charge in [-0.1, -0.05) is 58.1 Å². The van der Waals surface area contributed by atoms with E-state index in [0.717, 1.165) is 12.8 Å². The van der Waals surface area contributed by atoms with Gasteiger partial charge in [0.05, 0.1) is 30.7 Å². The monoisotopic (exact) mass is 448 g/mol. The van der Waals surface area contributed by atoms with Crippen molar-refractivity contribution in [2.45, 2.75) is 77.6 Å². The molecule has 0 saturated carbocycles. The van der Waals surface area contributed by atoms with Crippen molar-refractivity contribution in [2.75, 3.05) is 6.61 Å². The van der Waals surface area contributed by atoms with Crippen LogP contribution in [0.2, 0.25) is 0 Å². The highest BCUT2D eigenvalue weighted by Crippen LogP contribution is 2.67. The summed E-state index contributed by atoms with van der Waals surface area (Å²) in [5, 5.41) is 39.0. The van der Waals surface area contributed by atoms with Crippen molar-refractivity contribution in [1.82, 2.24) is 0 Å². The van der Waals surface area contributed by atoms with Crippen LogP contribution in [0.1, 0.15) is 77.4 Å². The van der Waals surface area contributed by atoms with Crippen molar-refractivity contribution in [3.8, 4) is 24.0 Å². The fraction of sp³-hybridized carbons (Fsp3) is 0.615. The third-order valence-electron chi connectivity index (χ3n) is 7.07. The first-order valence-corrected chi connectivity index (χ1v) is 11.8. The molecule has 2 heterocycles. The fourth-order valence-electron chi connectivity index (χ4n) is 5.34. The Hall–Kier alpha value is -3.08. The predicted molar refractivity (Wildman–Crippen MR) is 122 cm³/mol. The van der Waals surface area contributed by atoms with Crippen LogP contribution < -0.4 is 4.74 Å². The predicted octanol–water partition coefficient (Wildman–Crippen LogP) is 5.79. The summed E-state index contributed by atoms with van der Waals surface area (Å²) in [6.45, 7) is 6.35. The van der Waals surface area contributed by atoms with Crippen LogP contribution in [0.5, 0.6) is 5.75 Å². The van der Waals surface area contributed by atoms with E-state index >= 15 is 0 Å². The van der Waals surface area contributed by atoms with Crippen LogP contribution in [-0.4, -0.2) is 18.3 Å². The summed E-state index contributed by atoms with van der Waals surface area (Å²) in [5.74, 6) is -1.56. The largest absolute Gasteiger partial charge is 0.494 e. The van der Waals surface area contributed by atoms with E-state index in [0.29, 0.717) is 24.3 Å². The number of unbranched alkanes of at least 4 members (excludes halogenated alkanes) is 5. The Kier molecular flexibility index (Phi) is 7.31. The summed E-state index contributed by atoms with van der Waals surface area (Å²) in [6, 6.07) is 13.4. The molecule has 0 amide bonds. The fourth-order valence-corrected chi connectivity index (χ4v) is 5.34. The molecule has 1 aromatic carbocycles. The molecule has 0 aliphatic carbocycles. The van der Waals surface area contributed by atoms with Crippen molar-refractivity contribution < 1.29 is 14.2 Å². The summed E-state index contributed by atoms with van der Waals surface area (Å²) >= 11 is 0. The number of ether oxygens (including phenoxy) is 3. The molecule has 3 rings (SSSR count). The van der Waals surface area contributed by atoms with Crippen LogP contribution >= 0.6 is 0 Å². The van der Waals surface area contributed by atoms with E-state index in [1.165, 1.54) is 25.7 Å². The average molecular weight is 449 g/mol. The highest BCUT2D eigenvalue weighted by molar-refractivity contribution is 5.89. The lowest BCUT2D eigenvalue weighted by Gasteiger charge is -2.48. The van der Waals surface area contributed by atoms with Gasteiger partial charge in [-0.25, -0.2) is 0 Å². The van der Waals surface area contributed by atoms with E-state index < -0.39 is 28.6 Å². The molecule has 2 saturated heterocycles. The molecule has 1 aromatic rings. The average Bonchev–Trinajstić information content (AvgIpc) is 3.00. The highest BCUT2D eigenvalue weighted by Gasteiger charge is 2.78. The zero-order valence-corrected chi connectivity index (χ0v) is 19.7. The van der Waals surface area contributed by atoms with E-state index in [4.69, 9.17) is 19.6 Å². The Balaban J connectivity index is 1.82. The first kappa shape index (κ1) is 24.6. The van der Waals surface area contributed by atoms with Gasteiger partial charge in [-0.3, -0.25) is 5.41 Å². The van der Waals surface area contributed by atoms with Crippen molar-refractivity contribution in [1.29, 1.82) is 21.2 Å². The van der Waals surface area contributed by atoms with Crippen LogP contribution in [0.25, 0.3) is 0 Å². The van der Waals surface area contributed by atoms with Gasteiger partial charge in [0, 0.05) is 6.92 Å². The lowest BCUT2D eigenvalue weighted by molar-refractivity contribution is -0.273. The van der Waals surface area contributed by atoms with Crippen molar-refractivity contribution in [3.63, 3.8) is 0 Å². The molecule has 2 fully saturated rings. The van der Waals surface area contributed by atoms with Crippen molar-refractivity contribution in [3.05, 3.63) is 29.8 Å². The molecule has 4 unspecified atom stereocenters. The topological polar surface area (TPSA) is 123 Å². The summed E-state index contributed by atoms with van der Waals surface area (Å²) in [7, 11) is 0. The highest BCUT2D eigenvalue weighted by atomic mass is 16.7. The van der Waals surface area contributed by atoms with Crippen LogP contribution in [0.3, 0.4) is 0 Å². The van der Waals surface area contributed by atoms with E-state index in [1.807, 2.05) is 6.92 Å². The van der Waals surface area contributed by atoms with Crippen LogP contribution in [0.15, 0.2) is 24.3 Å². The molecular weight excluding hydrogens is 416 g/mol. The van der Waals surface area contributed by atoms with E-state index in [9.17, 15) is 15.8 Å². The Morgan fingerprint density at radius 3 is 2.18 bits per heavy atom. The second-order valence-corrected chi connectivity index (χ2v) is 9.04. The van der Waals surface area contributed by atoms with E-state index in [-0.39, 0.29) is 5.90 Å². The van der Waals surface area contributed by atoms with Crippen molar-refractivity contribution in [2.24, 2.45) is 16.7 Å². The first-order valence-electron chi connectivity index (χ1n) is 11.8. The number of hydrogen-bond donors (Lipinski definition) is 1. The van der Waals surface area contributed by atoms with Gasteiger partial charge in [-0.15, -0.1) is 0 Å². The number of benzene rings is 1. The Labute approximate surface area is 196 Å². The molecule has 174 valence electrons. The number of hydrogen-bond acceptors (Lipinski definition) is 7. The lowest BCUT2D eigenvalue weighted by Crippen LogP contribution is -2.58. The van der Waals surface area contributed by atoms with E-state index in [2.05, 4.69) is 25.1 Å². The quantitative estimate of drug-likeness (QED) is 0.452. The number of rotatable bonds is 10. The normalized spacial score (nSPS) is 29.4. The zero-order chi connectivity index (χ0) is 24.1. The van der Waals surface area contributed by atoms with Gasteiger partial charge in [0.25, 0.3) is 0 Å². The van der Waals surface area contributed by atoms with Crippen LogP contribution in [-0.2, 0) is 9.47 Å². The third-order valence-corrected chi connectivity index (χ3v) is 7.07. The van der Waals surface area contributed by atoms with Gasteiger partial charge < -0.3 is 14.2 Å². The zero-order valence-electron chi connectivity index (χ0n) is 19.7. The number of fused-ring (bicyclic) bond motifs is 2. The Morgan fingerprint density at radius 2 is 1.61 bits per heavy atom. The molecule has 7 nitrogen and oxygen atoms in total. The van der Waals surface area contributed by atoms with Gasteiger partial charge in [0.1, 0.15) is 11.9 Å². The lowest BCUT2D eigenvalue weighted by atomic mass is 9.53. The van der Waals surface area contributed by atoms with Gasteiger partial charge in [-0.2, -0.15) is 15.8 Å². The molecule has 2 aliphatic heterocycles. The first-order chi connectivity index (χ1) is 15.9. The summed E-state index contributed by atoms with van der Waals surface area (Å²) < 4.78 is 17.8. The second kappa shape index (κ2) is 9.82. The van der Waals surface area contributed by atoms with Gasteiger partial charge >= 0.3 is 0 Å². The third kappa shape index (κ3) is 3.84. The standard InChI is InChI=1S/C26H32N4O3/c1-4-6-7-8-9-10-15-31-20-13-11-19(12-14-20)22-25(16-27,17-28)26(18-29)21(5-2)24(3,32-22)33-23(26)30/h11-14,21-22,30H,4-10,15H2,1-3H3. The summed E-state index contributed by atoms with van der Waals surface area (Å²) in [5.41, 5.74) is -3.06. The number of nitriles is 3. The Bertz CT molecular complexity index is 973. The molecule has 33 heavy (non-hydrogen) atoms. The van der Waals surface area contributed by atoms with Crippen molar-refractivity contribution >= 4 is 5.90 Å². The SMILES string of the molecule is CCCCCCCCOc1ccc(C2OC3(C)OC(=N)C(C#N)(C3CC)C2(C#N)C#N)cc1. The molecule has 0 radical (unpaired) electrons. The van der Waals surface area contributed by atoms with Gasteiger partial charge in [0.15, 0.2) is 5.41 Å². The molecule has 0 spiro atoms. The maximum atomic E-state index is 10.2. The molecule has 2 aliphatic rings. The number of nitrogens with one attached hydrogen (secondary N) is 1. The smallest absolute Gasteiger partial charge is 0.214 e. The molecule has 0 aromatic heterocycles. The molecule has 1 N–H and O–H groups in total. The molecule has 2 bridgehead atoms. The van der Waals surface area contributed by atoms with Gasteiger partial charge in [-0.05, 0) is 30.5 Å². The maximum Gasteiger partial charge on any atom is 0.214 e. The minimum atomic E-state index is -1.92. The molecule has 7 heteroatoms. The number of nitrogens with zero attached hydrogens (tertiary/aromatic N) is 3. The maximum absolute atomic E-state index is 10.2. The molecular formula is C26H32N4O3. The second-order valence-electron chi connectivity index (χ2n) is 9.04. The minimum Gasteiger partial charge on any atom is -0.494 e. The Morgan fingerprint density at radius 1 is 0.970 bits per heavy atom. The van der Waals surface area contributed by atoms with Crippen LogP contribution in [0, 0.1) is 56.2 Å². The van der Waals surface area contributed by atoms with E-state index in [1.54, 1.807) is 31.2 Å². The van der Waals surface area contributed by atoms with Crippen LogP contribution in [0.4, 0.5) is 0 Å². The van der Waals surface area contributed by atoms with Gasteiger partial charge in [0.2, 0.25) is 17.1 Å². The summed E-state index contributed by atoms with van der Waals surface area (Å²) in [6.07, 6.45) is 6.49. The molecule has 4 atom stereocenters. The minimum absolute atomic E-state index is 0.371.